The maximum Gasteiger partial charge on any atom is 0.251 e. The highest BCUT2D eigenvalue weighted by Crippen LogP contribution is 2.26. The lowest BCUT2D eigenvalue weighted by Crippen LogP contribution is -2.27. The van der Waals surface area contributed by atoms with E-state index in [-0.39, 0.29) is 27.4 Å². The van der Waals surface area contributed by atoms with E-state index in [2.05, 4.69) is 5.32 Å². The molecule has 0 aliphatic carbocycles. The minimum absolute atomic E-state index is 0.0513. The summed E-state index contributed by atoms with van der Waals surface area (Å²) in [6, 6.07) is 17.9. The fourth-order valence-corrected chi connectivity index (χ4v) is 4.22. The molecule has 0 saturated heterocycles. The zero-order valence-corrected chi connectivity index (χ0v) is 15.9. The summed E-state index contributed by atoms with van der Waals surface area (Å²) in [5.41, 5.74) is 1.25. The van der Waals surface area contributed by atoms with E-state index in [1.807, 2.05) is 49.4 Å². The molecule has 0 aromatic heterocycles. The average Bonchev–Trinajstić information content (AvgIpc) is 2.60. The van der Waals surface area contributed by atoms with Crippen LogP contribution in [-0.2, 0) is 9.84 Å². The second-order valence-corrected chi connectivity index (χ2v) is 8.57. The Labute approximate surface area is 157 Å². The summed E-state index contributed by atoms with van der Waals surface area (Å²) in [7, 11) is -3.51. The Kier molecular flexibility index (Phi) is 5.03. The smallest absolute Gasteiger partial charge is 0.251 e. The van der Waals surface area contributed by atoms with Crippen LogP contribution in [0.2, 0.25) is 5.02 Å². The van der Waals surface area contributed by atoms with Gasteiger partial charge in [-0.1, -0.05) is 54.1 Å². The first-order chi connectivity index (χ1) is 12.3. The van der Waals surface area contributed by atoms with Gasteiger partial charge in [-0.2, -0.15) is 0 Å². The Morgan fingerprint density at radius 1 is 1.04 bits per heavy atom. The minimum atomic E-state index is -3.51. The van der Waals surface area contributed by atoms with Crippen LogP contribution in [0.1, 0.15) is 28.9 Å². The molecule has 0 saturated carbocycles. The molecule has 3 aromatic carbocycles. The molecule has 3 rings (SSSR count). The summed E-state index contributed by atoms with van der Waals surface area (Å²) in [6.07, 6.45) is 1.06. The third kappa shape index (κ3) is 3.74. The van der Waals surface area contributed by atoms with Crippen LogP contribution in [0.5, 0.6) is 0 Å². The van der Waals surface area contributed by atoms with Crippen molar-refractivity contribution in [1.82, 2.24) is 5.32 Å². The van der Waals surface area contributed by atoms with Crippen molar-refractivity contribution in [2.24, 2.45) is 0 Å². The number of amides is 1. The van der Waals surface area contributed by atoms with Crippen LogP contribution in [0.3, 0.4) is 0 Å². The molecule has 0 aliphatic heterocycles. The largest absolute Gasteiger partial charge is 0.345 e. The zero-order chi connectivity index (χ0) is 18.9. The van der Waals surface area contributed by atoms with Gasteiger partial charge in [0, 0.05) is 11.8 Å². The van der Waals surface area contributed by atoms with Crippen LogP contribution in [0.25, 0.3) is 10.8 Å². The number of benzene rings is 3. The van der Waals surface area contributed by atoms with Crippen molar-refractivity contribution >= 4 is 38.1 Å². The summed E-state index contributed by atoms with van der Waals surface area (Å²) >= 11 is 5.94. The molecule has 0 aliphatic rings. The molecule has 1 amide bonds. The number of carbonyl (C=O) groups is 1. The summed E-state index contributed by atoms with van der Waals surface area (Å²) in [5.74, 6) is -0.355. The van der Waals surface area contributed by atoms with Crippen molar-refractivity contribution in [2.75, 3.05) is 6.26 Å². The van der Waals surface area contributed by atoms with Gasteiger partial charge in [0.15, 0.2) is 9.84 Å². The van der Waals surface area contributed by atoms with Gasteiger partial charge in [0.05, 0.1) is 16.0 Å². The van der Waals surface area contributed by atoms with Crippen LogP contribution in [-0.4, -0.2) is 20.6 Å². The first kappa shape index (κ1) is 18.4. The van der Waals surface area contributed by atoms with Crippen LogP contribution in [0.15, 0.2) is 65.6 Å². The Balaban J connectivity index is 1.90. The SMILES string of the molecule is C[C@@H](NC(=O)c1ccc(Cl)c(S(C)(=O)=O)c1)c1cccc2ccccc12. The van der Waals surface area contributed by atoms with Gasteiger partial charge in [-0.3, -0.25) is 4.79 Å². The number of rotatable bonds is 4. The molecule has 0 bridgehead atoms. The average molecular weight is 388 g/mol. The van der Waals surface area contributed by atoms with Crippen molar-refractivity contribution in [1.29, 1.82) is 0 Å². The van der Waals surface area contributed by atoms with Gasteiger partial charge in [0.25, 0.3) is 5.91 Å². The van der Waals surface area contributed by atoms with E-state index in [4.69, 9.17) is 11.6 Å². The van der Waals surface area contributed by atoms with E-state index in [0.29, 0.717) is 0 Å². The Morgan fingerprint density at radius 3 is 2.46 bits per heavy atom. The number of hydrogen-bond acceptors (Lipinski definition) is 3. The summed E-state index contributed by atoms with van der Waals surface area (Å²) < 4.78 is 23.6. The molecule has 4 nitrogen and oxygen atoms in total. The zero-order valence-electron chi connectivity index (χ0n) is 14.4. The number of nitrogens with one attached hydrogen (secondary N) is 1. The van der Waals surface area contributed by atoms with Crippen molar-refractivity contribution in [3.8, 4) is 0 Å². The molecule has 0 unspecified atom stereocenters. The van der Waals surface area contributed by atoms with Gasteiger partial charge in [0.1, 0.15) is 0 Å². The predicted molar refractivity (Wildman–Crippen MR) is 104 cm³/mol. The number of halogens is 1. The van der Waals surface area contributed by atoms with Gasteiger partial charge in [-0.15, -0.1) is 0 Å². The van der Waals surface area contributed by atoms with E-state index in [0.717, 1.165) is 22.6 Å². The Bertz CT molecular complexity index is 1090. The molecule has 0 radical (unpaired) electrons. The number of carbonyl (C=O) groups excluding carboxylic acids is 1. The van der Waals surface area contributed by atoms with E-state index >= 15 is 0 Å². The first-order valence-electron chi connectivity index (χ1n) is 8.05. The van der Waals surface area contributed by atoms with E-state index in [1.165, 1.54) is 18.2 Å². The van der Waals surface area contributed by atoms with Crippen LogP contribution < -0.4 is 5.32 Å². The van der Waals surface area contributed by atoms with Gasteiger partial charge in [-0.05, 0) is 41.5 Å². The monoisotopic (exact) mass is 387 g/mol. The third-order valence-electron chi connectivity index (χ3n) is 4.23. The van der Waals surface area contributed by atoms with Gasteiger partial charge < -0.3 is 5.32 Å². The first-order valence-corrected chi connectivity index (χ1v) is 10.3. The van der Waals surface area contributed by atoms with Crippen LogP contribution in [0, 0.1) is 0 Å². The van der Waals surface area contributed by atoms with E-state index < -0.39 is 9.84 Å². The molecule has 26 heavy (non-hydrogen) atoms. The highest BCUT2D eigenvalue weighted by molar-refractivity contribution is 7.90. The third-order valence-corrected chi connectivity index (χ3v) is 5.81. The molecule has 1 N–H and O–H groups in total. The highest BCUT2D eigenvalue weighted by atomic mass is 35.5. The molecule has 134 valence electrons. The summed E-state index contributed by atoms with van der Waals surface area (Å²) in [4.78, 5) is 12.6. The highest BCUT2D eigenvalue weighted by Gasteiger charge is 2.18. The second-order valence-electron chi connectivity index (χ2n) is 6.18. The lowest BCUT2D eigenvalue weighted by molar-refractivity contribution is 0.0940. The molecule has 3 aromatic rings. The fraction of sp³-hybridized carbons (Fsp3) is 0.150. The minimum Gasteiger partial charge on any atom is -0.345 e. The Hall–Kier alpha value is -2.37. The summed E-state index contributed by atoms with van der Waals surface area (Å²) in [5, 5.41) is 5.19. The molecular formula is C20H18ClNO3S. The molecule has 1 atom stereocenters. The van der Waals surface area contributed by atoms with Crippen molar-refractivity contribution in [2.45, 2.75) is 17.9 Å². The van der Waals surface area contributed by atoms with Gasteiger partial charge >= 0.3 is 0 Å². The fourth-order valence-electron chi connectivity index (χ4n) is 2.91. The molecule has 0 spiro atoms. The molecule has 6 heteroatoms. The maximum atomic E-state index is 12.6. The van der Waals surface area contributed by atoms with Crippen molar-refractivity contribution < 1.29 is 13.2 Å². The van der Waals surface area contributed by atoms with E-state index in [1.54, 1.807) is 0 Å². The van der Waals surface area contributed by atoms with Gasteiger partial charge in [0.2, 0.25) is 0 Å². The normalized spacial score (nSPS) is 12.7. The van der Waals surface area contributed by atoms with Crippen molar-refractivity contribution in [3.05, 3.63) is 76.8 Å². The topological polar surface area (TPSA) is 63.2 Å². The molecule has 0 heterocycles. The quantitative estimate of drug-likeness (QED) is 0.722. The number of hydrogen-bond donors (Lipinski definition) is 1. The number of sulfone groups is 1. The maximum absolute atomic E-state index is 12.6. The van der Waals surface area contributed by atoms with E-state index in [9.17, 15) is 13.2 Å². The number of fused-ring (bicyclic) bond motifs is 1. The standard InChI is InChI=1S/C20H18ClNO3S/c1-13(16-9-5-7-14-6-3-4-8-17(14)16)22-20(23)15-10-11-18(21)19(12-15)26(2,24)25/h3-13H,1-2H3,(H,22,23)/t13-/m1/s1. The van der Waals surface area contributed by atoms with Crippen LogP contribution in [0.4, 0.5) is 0 Å². The predicted octanol–water partition coefficient (Wildman–Crippen LogP) is 4.39. The lowest BCUT2D eigenvalue weighted by atomic mass is 9.99. The van der Waals surface area contributed by atoms with Crippen LogP contribution >= 0.6 is 11.6 Å². The van der Waals surface area contributed by atoms with Crippen molar-refractivity contribution in [3.63, 3.8) is 0 Å². The summed E-state index contributed by atoms with van der Waals surface area (Å²) in [6.45, 7) is 1.90. The molecular weight excluding hydrogens is 370 g/mol. The Morgan fingerprint density at radius 2 is 1.73 bits per heavy atom. The molecule has 0 fully saturated rings. The van der Waals surface area contributed by atoms with Gasteiger partial charge in [-0.25, -0.2) is 8.42 Å². The lowest BCUT2D eigenvalue weighted by Gasteiger charge is -2.17. The second kappa shape index (κ2) is 7.09.